The van der Waals surface area contributed by atoms with Gasteiger partial charge in [-0.3, -0.25) is 0 Å². The second-order valence-electron chi connectivity index (χ2n) is 1.06. The molecule has 0 bridgehead atoms. The molecule has 0 aromatic heterocycles. The molecular formula is C2H7BO4. The fourth-order valence-electron chi connectivity index (χ4n) is 0.176. The summed E-state index contributed by atoms with van der Waals surface area (Å²) in [4.78, 5) is 0. The zero-order valence-corrected chi connectivity index (χ0v) is 3.90. The summed E-state index contributed by atoms with van der Waals surface area (Å²) in [6.45, 7) is 1.28. The Kier molecular flexibility index (Phi) is 2.94. The molecule has 42 valence electrons. The maximum atomic E-state index is 8.18. The molecular weight excluding hydrogens is 98.8 g/mol. The van der Waals surface area contributed by atoms with Gasteiger partial charge in [0.2, 0.25) is 0 Å². The van der Waals surface area contributed by atoms with E-state index in [1.165, 1.54) is 6.92 Å². The molecule has 0 spiro atoms. The first-order valence-corrected chi connectivity index (χ1v) is 1.82. The first-order chi connectivity index (χ1) is 3.13. The van der Waals surface area contributed by atoms with E-state index in [9.17, 15) is 0 Å². The quantitative estimate of drug-likeness (QED) is 0.290. The molecule has 0 aliphatic rings. The smallest absolute Gasteiger partial charge is 0.402 e. The molecule has 4 nitrogen and oxygen atoms in total. The molecule has 0 aliphatic carbocycles. The van der Waals surface area contributed by atoms with Crippen LogP contribution in [-0.4, -0.2) is 28.8 Å². The van der Waals surface area contributed by atoms with E-state index in [2.05, 4.69) is 4.65 Å². The Bertz CT molecular complexity index is 39.0. The molecule has 0 aromatic rings. The van der Waals surface area contributed by atoms with E-state index in [1.54, 1.807) is 0 Å². The maximum Gasteiger partial charge on any atom is 0.635 e. The third-order valence-electron chi connectivity index (χ3n) is 0.319. The van der Waals surface area contributed by atoms with Gasteiger partial charge in [-0.2, -0.15) is 0 Å². The van der Waals surface area contributed by atoms with Gasteiger partial charge in [-0.25, -0.2) is 0 Å². The molecule has 7 heavy (non-hydrogen) atoms. The monoisotopic (exact) mass is 106 g/mol. The van der Waals surface area contributed by atoms with Crippen LogP contribution in [0.4, 0.5) is 0 Å². The Morgan fingerprint density at radius 3 is 2.00 bits per heavy atom. The van der Waals surface area contributed by atoms with Gasteiger partial charge in [0, 0.05) is 0 Å². The van der Waals surface area contributed by atoms with Gasteiger partial charge in [-0.15, -0.1) is 0 Å². The van der Waals surface area contributed by atoms with Crippen molar-refractivity contribution in [1.29, 1.82) is 0 Å². The van der Waals surface area contributed by atoms with Crippen LogP contribution < -0.4 is 0 Å². The van der Waals surface area contributed by atoms with Crippen molar-refractivity contribution in [3.05, 3.63) is 0 Å². The highest BCUT2D eigenvalue weighted by molar-refractivity contribution is 6.32. The largest absolute Gasteiger partial charge is 0.635 e. The van der Waals surface area contributed by atoms with Crippen molar-refractivity contribution in [2.24, 2.45) is 0 Å². The average Bonchev–Trinajstić information content (AvgIpc) is 1.27. The van der Waals surface area contributed by atoms with Gasteiger partial charge in [0.1, 0.15) is 6.29 Å². The minimum atomic E-state index is -1.88. The number of aliphatic hydroxyl groups is 1. The second-order valence-corrected chi connectivity index (χ2v) is 1.06. The van der Waals surface area contributed by atoms with Crippen LogP contribution in [0.2, 0.25) is 0 Å². The number of rotatable bonds is 2. The summed E-state index contributed by atoms with van der Waals surface area (Å²) in [6, 6.07) is 0. The van der Waals surface area contributed by atoms with Gasteiger partial charge < -0.3 is 19.8 Å². The molecule has 1 atom stereocenters. The van der Waals surface area contributed by atoms with Crippen LogP contribution in [0.25, 0.3) is 0 Å². The van der Waals surface area contributed by atoms with Gasteiger partial charge in [0.25, 0.3) is 0 Å². The van der Waals surface area contributed by atoms with Crippen LogP contribution in [0.1, 0.15) is 6.92 Å². The van der Waals surface area contributed by atoms with Gasteiger partial charge >= 0.3 is 7.32 Å². The fourth-order valence-corrected chi connectivity index (χ4v) is 0.176. The van der Waals surface area contributed by atoms with Crippen LogP contribution >= 0.6 is 0 Å². The highest BCUT2D eigenvalue weighted by atomic mass is 16.7. The second kappa shape index (κ2) is 2.98. The minimum absolute atomic E-state index is 1.13. The van der Waals surface area contributed by atoms with Crippen LogP contribution in [0.5, 0.6) is 0 Å². The van der Waals surface area contributed by atoms with Crippen molar-refractivity contribution in [1.82, 2.24) is 0 Å². The van der Waals surface area contributed by atoms with Gasteiger partial charge in [0.05, 0.1) is 0 Å². The lowest BCUT2D eigenvalue weighted by Gasteiger charge is -2.02. The van der Waals surface area contributed by atoms with E-state index in [0.29, 0.717) is 0 Å². The molecule has 0 aliphatic heterocycles. The Morgan fingerprint density at radius 1 is 1.57 bits per heavy atom. The molecule has 0 heterocycles. The van der Waals surface area contributed by atoms with Gasteiger partial charge in [-0.1, -0.05) is 0 Å². The summed E-state index contributed by atoms with van der Waals surface area (Å²) in [5.41, 5.74) is 0. The third kappa shape index (κ3) is 5.90. The van der Waals surface area contributed by atoms with E-state index >= 15 is 0 Å². The molecule has 0 saturated heterocycles. The van der Waals surface area contributed by atoms with Gasteiger partial charge in [-0.05, 0) is 6.92 Å². The SMILES string of the molecule is CC(O)OB(O)O. The van der Waals surface area contributed by atoms with E-state index in [0.717, 1.165) is 0 Å². The number of aliphatic hydroxyl groups excluding tert-OH is 1. The summed E-state index contributed by atoms with van der Waals surface area (Å²) in [5, 5.41) is 24.0. The first kappa shape index (κ1) is 6.90. The molecule has 0 aromatic carbocycles. The normalized spacial score (nSPS) is 13.7. The van der Waals surface area contributed by atoms with E-state index in [-0.39, 0.29) is 0 Å². The summed E-state index contributed by atoms with van der Waals surface area (Å²) >= 11 is 0. The average molecular weight is 106 g/mol. The summed E-state index contributed by atoms with van der Waals surface area (Å²) < 4.78 is 3.92. The van der Waals surface area contributed by atoms with Crippen LogP contribution in [0.3, 0.4) is 0 Å². The standard InChI is InChI=1S/C2H7BO4/c1-2(4)7-3(5)6/h2,4-6H,1H3. The van der Waals surface area contributed by atoms with Crippen molar-refractivity contribution < 1.29 is 19.8 Å². The lowest BCUT2D eigenvalue weighted by molar-refractivity contribution is -0.0324. The first-order valence-electron chi connectivity index (χ1n) is 1.82. The fraction of sp³-hybridized carbons (Fsp3) is 1.00. The van der Waals surface area contributed by atoms with Crippen molar-refractivity contribution >= 4 is 7.32 Å². The van der Waals surface area contributed by atoms with Crippen molar-refractivity contribution in [3.8, 4) is 0 Å². The van der Waals surface area contributed by atoms with Crippen molar-refractivity contribution in [2.45, 2.75) is 13.2 Å². The Morgan fingerprint density at radius 2 is 2.00 bits per heavy atom. The lowest BCUT2D eigenvalue weighted by Crippen LogP contribution is -2.22. The predicted molar refractivity (Wildman–Crippen MR) is 23.0 cm³/mol. The lowest BCUT2D eigenvalue weighted by atomic mass is 10.3. The zero-order valence-electron chi connectivity index (χ0n) is 3.90. The minimum Gasteiger partial charge on any atom is -0.402 e. The number of hydrogen-bond donors (Lipinski definition) is 3. The molecule has 0 rings (SSSR count). The summed E-state index contributed by atoms with van der Waals surface area (Å²) in [6.07, 6.45) is -1.13. The Hall–Kier alpha value is -0.0951. The molecule has 0 radical (unpaired) electrons. The maximum absolute atomic E-state index is 8.18. The highest BCUT2D eigenvalue weighted by Crippen LogP contribution is 1.81. The van der Waals surface area contributed by atoms with Crippen molar-refractivity contribution in [2.75, 3.05) is 0 Å². The molecule has 3 N–H and O–H groups in total. The van der Waals surface area contributed by atoms with E-state index < -0.39 is 13.6 Å². The van der Waals surface area contributed by atoms with Crippen LogP contribution in [0.15, 0.2) is 0 Å². The van der Waals surface area contributed by atoms with Crippen LogP contribution in [0, 0.1) is 0 Å². The topological polar surface area (TPSA) is 69.9 Å². The Balaban J connectivity index is 2.95. The summed E-state index contributed by atoms with van der Waals surface area (Å²) in [7, 11) is -1.88. The molecule has 0 saturated carbocycles. The van der Waals surface area contributed by atoms with Gasteiger partial charge in [0.15, 0.2) is 0 Å². The van der Waals surface area contributed by atoms with E-state index in [1.807, 2.05) is 0 Å². The summed E-state index contributed by atoms with van der Waals surface area (Å²) in [5.74, 6) is 0. The molecule has 0 fully saturated rings. The third-order valence-corrected chi connectivity index (χ3v) is 0.319. The zero-order chi connectivity index (χ0) is 5.86. The Labute approximate surface area is 41.5 Å². The van der Waals surface area contributed by atoms with Crippen molar-refractivity contribution in [3.63, 3.8) is 0 Å². The predicted octanol–water partition coefficient (Wildman–Crippen LogP) is -1.69. The van der Waals surface area contributed by atoms with Crippen LogP contribution in [-0.2, 0) is 4.65 Å². The highest BCUT2D eigenvalue weighted by Gasteiger charge is 2.10. The van der Waals surface area contributed by atoms with E-state index in [4.69, 9.17) is 15.2 Å². The molecule has 0 amide bonds. The molecule has 5 heteroatoms. The molecule has 1 unspecified atom stereocenters. The number of hydrogen-bond acceptors (Lipinski definition) is 4.